The van der Waals surface area contributed by atoms with Crippen LogP contribution in [0.3, 0.4) is 0 Å². The molecule has 1 N–H and O–H groups in total. The summed E-state index contributed by atoms with van der Waals surface area (Å²) >= 11 is 0. The minimum atomic E-state index is -0.703. The van der Waals surface area contributed by atoms with Crippen LogP contribution in [0.15, 0.2) is 0 Å². The SMILES string of the molecule is CC(C)N1CCN(CC2(C(=O)O)CCOC2)CC1. The zero-order chi connectivity index (χ0) is 13.2. The number of rotatable bonds is 4. The third-order valence-corrected chi connectivity index (χ3v) is 4.22. The standard InChI is InChI=1S/C13H24N2O3/c1-11(2)15-6-4-14(5-7-15)9-13(12(16)17)3-8-18-10-13/h11H,3-10H2,1-2H3,(H,16,17). The molecule has 2 heterocycles. The average Bonchev–Trinajstić information content (AvgIpc) is 2.79. The molecule has 0 aliphatic carbocycles. The summed E-state index contributed by atoms with van der Waals surface area (Å²) in [6, 6.07) is 0.579. The smallest absolute Gasteiger partial charge is 0.313 e. The summed E-state index contributed by atoms with van der Waals surface area (Å²) in [6.45, 7) is 10.0. The van der Waals surface area contributed by atoms with Gasteiger partial charge >= 0.3 is 5.97 Å². The van der Waals surface area contributed by atoms with Gasteiger partial charge in [-0.2, -0.15) is 0 Å². The summed E-state index contributed by atoms with van der Waals surface area (Å²) in [5, 5.41) is 9.42. The molecular weight excluding hydrogens is 232 g/mol. The molecule has 0 aromatic heterocycles. The van der Waals surface area contributed by atoms with E-state index in [9.17, 15) is 9.90 Å². The Balaban J connectivity index is 1.88. The fourth-order valence-corrected chi connectivity index (χ4v) is 2.83. The van der Waals surface area contributed by atoms with Crippen molar-refractivity contribution in [3.63, 3.8) is 0 Å². The Kier molecular flexibility index (Phi) is 4.25. The van der Waals surface area contributed by atoms with Gasteiger partial charge in [-0.1, -0.05) is 0 Å². The van der Waals surface area contributed by atoms with Crippen molar-refractivity contribution in [3.8, 4) is 0 Å². The van der Waals surface area contributed by atoms with Crippen LogP contribution < -0.4 is 0 Å². The molecule has 18 heavy (non-hydrogen) atoms. The van der Waals surface area contributed by atoms with Crippen LogP contribution in [-0.2, 0) is 9.53 Å². The molecule has 1 atom stereocenters. The van der Waals surface area contributed by atoms with Crippen LogP contribution in [0.1, 0.15) is 20.3 Å². The Morgan fingerprint density at radius 1 is 1.33 bits per heavy atom. The van der Waals surface area contributed by atoms with Crippen molar-refractivity contribution in [2.75, 3.05) is 45.9 Å². The zero-order valence-electron chi connectivity index (χ0n) is 11.4. The lowest BCUT2D eigenvalue weighted by Crippen LogP contribution is -2.53. The van der Waals surface area contributed by atoms with E-state index in [4.69, 9.17) is 4.74 Å². The normalized spacial score (nSPS) is 31.1. The van der Waals surface area contributed by atoms with E-state index in [-0.39, 0.29) is 0 Å². The highest BCUT2D eigenvalue weighted by Gasteiger charge is 2.44. The Labute approximate surface area is 109 Å². The van der Waals surface area contributed by atoms with E-state index >= 15 is 0 Å². The molecule has 0 aromatic carbocycles. The van der Waals surface area contributed by atoms with Gasteiger partial charge in [0.2, 0.25) is 0 Å². The molecule has 5 heteroatoms. The molecule has 2 aliphatic heterocycles. The molecule has 2 rings (SSSR count). The summed E-state index contributed by atoms with van der Waals surface area (Å²) in [4.78, 5) is 16.2. The number of ether oxygens (including phenoxy) is 1. The molecule has 0 aromatic rings. The predicted molar refractivity (Wildman–Crippen MR) is 68.7 cm³/mol. The number of carbonyl (C=O) groups is 1. The second kappa shape index (κ2) is 5.55. The van der Waals surface area contributed by atoms with Gasteiger partial charge in [-0.15, -0.1) is 0 Å². The van der Waals surface area contributed by atoms with Crippen molar-refractivity contribution in [3.05, 3.63) is 0 Å². The van der Waals surface area contributed by atoms with Gasteiger partial charge in [0.15, 0.2) is 0 Å². The maximum atomic E-state index is 11.5. The van der Waals surface area contributed by atoms with E-state index in [0.717, 1.165) is 26.2 Å². The first kappa shape index (κ1) is 13.8. The molecule has 0 saturated carbocycles. The van der Waals surface area contributed by atoms with Gasteiger partial charge in [0.05, 0.1) is 6.61 Å². The van der Waals surface area contributed by atoms with Crippen molar-refractivity contribution in [1.29, 1.82) is 0 Å². The number of hydrogen-bond donors (Lipinski definition) is 1. The Morgan fingerprint density at radius 2 is 2.00 bits per heavy atom. The number of nitrogens with zero attached hydrogens (tertiary/aromatic N) is 2. The van der Waals surface area contributed by atoms with E-state index < -0.39 is 11.4 Å². The van der Waals surface area contributed by atoms with Crippen LogP contribution in [0, 0.1) is 5.41 Å². The topological polar surface area (TPSA) is 53.0 Å². The lowest BCUT2D eigenvalue weighted by atomic mass is 9.86. The quantitative estimate of drug-likeness (QED) is 0.794. The molecule has 104 valence electrons. The molecule has 0 bridgehead atoms. The fraction of sp³-hybridized carbons (Fsp3) is 0.923. The van der Waals surface area contributed by atoms with Gasteiger partial charge in [-0.05, 0) is 20.3 Å². The molecule has 2 saturated heterocycles. The molecule has 5 nitrogen and oxygen atoms in total. The first-order chi connectivity index (χ1) is 8.53. The molecular formula is C13H24N2O3. The van der Waals surface area contributed by atoms with Crippen LogP contribution in [0.2, 0.25) is 0 Å². The number of piperazine rings is 1. The first-order valence-electron chi connectivity index (χ1n) is 6.81. The third-order valence-electron chi connectivity index (χ3n) is 4.22. The van der Waals surface area contributed by atoms with E-state index in [2.05, 4.69) is 23.6 Å². The summed E-state index contributed by atoms with van der Waals surface area (Å²) in [6.07, 6.45) is 0.646. The van der Waals surface area contributed by atoms with Crippen molar-refractivity contribution in [2.24, 2.45) is 5.41 Å². The molecule has 2 fully saturated rings. The van der Waals surface area contributed by atoms with Crippen molar-refractivity contribution < 1.29 is 14.6 Å². The second-order valence-corrected chi connectivity index (χ2v) is 5.79. The van der Waals surface area contributed by atoms with E-state index in [1.165, 1.54) is 0 Å². The van der Waals surface area contributed by atoms with Gasteiger partial charge < -0.3 is 9.84 Å². The molecule has 0 spiro atoms. The largest absolute Gasteiger partial charge is 0.481 e. The van der Waals surface area contributed by atoms with Crippen LogP contribution in [0.4, 0.5) is 0 Å². The lowest BCUT2D eigenvalue weighted by molar-refractivity contribution is -0.150. The van der Waals surface area contributed by atoms with E-state index in [1.807, 2.05) is 0 Å². The van der Waals surface area contributed by atoms with Gasteiger partial charge in [0.1, 0.15) is 5.41 Å². The summed E-state index contributed by atoms with van der Waals surface area (Å²) in [5.74, 6) is -0.703. The van der Waals surface area contributed by atoms with Crippen LogP contribution in [-0.4, -0.2) is 72.9 Å². The first-order valence-corrected chi connectivity index (χ1v) is 6.81. The minimum absolute atomic E-state index is 0.368. The van der Waals surface area contributed by atoms with Crippen LogP contribution in [0.25, 0.3) is 0 Å². The Bertz CT molecular complexity index is 293. The summed E-state index contributed by atoms with van der Waals surface area (Å²) in [5.41, 5.74) is -0.667. The average molecular weight is 256 g/mol. The summed E-state index contributed by atoms with van der Waals surface area (Å²) < 4.78 is 5.30. The number of carboxylic acid groups (broad SMARTS) is 1. The Hall–Kier alpha value is -0.650. The van der Waals surface area contributed by atoms with Crippen molar-refractivity contribution >= 4 is 5.97 Å². The maximum Gasteiger partial charge on any atom is 0.313 e. The van der Waals surface area contributed by atoms with Gasteiger partial charge in [0.25, 0.3) is 0 Å². The third kappa shape index (κ3) is 2.84. The number of carboxylic acids is 1. The van der Waals surface area contributed by atoms with E-state index in [0.29, 0.717) is 32.2 Å². The van der Waals surface area contributed by atoms with Crippen LogP contribution in [0.5, 0.6) is 0 Å². The summed E-state index contributed by atoms with van der Waals surface area (Å²) in [7, 11) is 0. The maximum absolute atomic E-state index is 11.5. The number of hydrogen-bond acceptors (Lipinski definition) is 4. The molecule has 0 radical (unpaired) electrons. The van der Waals surface area contributed by atoms with Gasteiger partial charge in [-0.3, -0.25) is 14.6 Å². The van der Waals surface area contributed by atoms with Crippen molar-refractivity contribution in [2.45, 2.75) is 26.3 Å². The Morgan fingerprint density at radius 3 is 2.44 bits per heavy atom. The fourth-order valence-electron chi connectivity index (χ4n) is 2.83. The zero-order valence-corrected chi connectivity index (χ0v) is 11.4. The molecule has 0 amide bonds. The number of aliphatic carboxylic acids is 1. The minimum Gasteiger partial charge on any atom is -0.481 e. The highest BCUT2D eigenvalue weighted by molar-refractivity contribution is 5.75. The highest BCUT2D eigenvalue weighted by atomic mass is 16.5. The predicted octanol–water partition coefficient (Wildman–Crippen LogP) is 0.504. The van der Waals surface area contributed by atoms with Crippen LogP contribution >= 0.6 is 0 Å². The van der Waals surface area contributed by atoms with Gasteiger partial charge in [0, 0.05) is 45.4 Å². The van der Waals surface area contributed by atoms with Gasteiger partial charge in [-0.25, -0.2) is 0 Å². The van der Waals surface area contributed by atoms with E-state index in [1.54, 1.807) is 0 Å². The monoisotopic (exact) mass is 256 g/mol. The molecule has 1 unspecified atom stereocenters. The highest BCUT2D eigenvalue weighted by Crippen LogP contribution is 2.30. The lowest BCUT2D eigenvalue weighted by Gasteiger charge is -2.39. The molecule has 2 aliphatic rings. The van der Waals surface area contributed by atoms with Crippen molar-refractivity contribution in [1.82, 2.24) is 9.80 Å². The second-order valence-electron chi connectivity index (χ2n) is 5.79.